The van der Waals surface area contributed by atoms with Crippen LogP contribution in [0.1, 0.15) is 24.3 Å². The number of halogens is 1. The maximum absolute atomic E-state index is 11.5. The summed E-state index contributed by atoms with van der Waals surface area (Å²) < 4.78 is 1.40. The quantitative estimate of drug-likeness (QED) is 0.797. The minimum Gasteiger partial charge on any atom is -0.273 e. The van der Waals surface area contributed by atoms with Crippen molar-refractivity contribution in [1.82, 2.24) is 15.3 Å². The van der Waals surface area contributed by atoms with Crippen LogP contribution >= 0.6 is 11.6 Å². The topological polar surface area (TPSA) is 56.1 Å². The van der Waals surface area contributed by atoms with Crippen LogP contribution in [0.15, 0.2) is 6.07 Å². The summed E-state index contributed by atoms with van der Waals surface area (Å²) in [7, 11) is 1.64. The number of hydroxylamine groups is 1. The number of nitrogens with zero attached hydrogens (tertiary/aromatic N) is 2. The van der Waals surface area contributed by atoms with E-state index in [0.717, 1.165) is 0 Å². The number of rotatable bonds is 4. The van der Waals surface area contributed by atoms with Crippen LogP contribution in [-0.4, -0.2) is 22.3 Å². The Bertz CT molecular complexity index is 349. The zero-order chi connectivity index (χ0) is 11.4. The van der Waals surface area contributed by atoms with Gasteiger partial charge in [-0.15, -0.1) is 0 Å². The summed E-state index contributed by atoms with van der Waals surface area (Å²) in [6.45, 7) is 4.46. The first-order chi connectivity index (χ1) is 7.00. The summed E-state index contributed by atoms with van der Waals surface area (Å²) in [5, 5.41) is 4.12. The molecule has 15 heavy (non-hydrogen) atoms. The number of nitrogens with one attached hydrogen (secondary N) is 1. The van der Waals surface area contributed by atoms with Crippen molar-refractivity contribution in [2.45, 2.75) is 13.8 Å². The largest absolute Gasteiger partial charge is 0.293 e. The molecule has 0 aliphatic rings. The molecule has 1 amide bonds. The fraction of sp³-hybridized carbons (Fsp3) is 0.556. The van der Waals surface area contributed by atoms with Crippen molar-refractivity contribution in [2.75, 3.05) is 6.61 Å². The first kappa shape index (κ1) is 12.0. The molecule has 0 saturated heterocycles. The van der Waals surface area contributed by atoms with Crippen molar-refractivity contribution in [3.63, 3.8) is 0 Å². The lowest BCUT2D eigenvalue weighted by molar-refractivity contribution is 0.0201. The average Bonchev–Trinajstić information content (AvgIpc) is 2.44. The molecule has 0 bridgehead atoms. The highest BCUT2D eigenvalue weighted by Gasteiger charge is 2.12. The van der Waals surface area contributed by atoms with Gasteiger partial charge in [0.1, 0.15) is 5.69 Å². The van der Waals surface area contributed by atoms with Gasteiger partial charge in [-0.25, -0.2) is 5.48 Å². The molecule has 0 aliphatic heterocycles. The Kier molecular flexibility index (Phi) is 4.11. The highest BCUT2D eigenvalue weighted by molar-refractivity contribution is 6.29. The van der Waals surface area contributed by atoms with Crippen LogP contribution < -0.4 is 5.48 Å². The minimum absolute atomic E-state index is 0.284. The minimum atomic E-state index is -0.349. The third kappa shape index (κ3) is 3.53. The Balaban J connectivity index is 2.50. The van der Waals surface area contributed by atoms with E-state index >= 15 is 0 Å². The molecule has 0 radical (unpaired) electrons. The molecule has 1 heterocycles. The van der Waals surface area contributed by atoms with Gasteiger partial charge >= 0.3 is 0 Å². The van der Waals surface area contributed by atoms with Gasteiger partial charge in [-0.1, -0.05) is 25.4 Å². The summed E-state index contributed by atoms with van der Waals surface area (Å²) in [5.41, 5.74) is 2.69. The summed E-state index contributed by atoms with van der Waals surface area (Å²) in [4.78, 5) is 16.5. The molecule has 0 fully saturated rings. The average molecular weight is 232 g/mol. The molecule has 5 nitrogen and oxygen atoms in total. The van der Waals surface area contributed by atoms with Crippen molar-refractivity contribution in [2.24, 2.45) is 13.0 Å². The van der Waals surface area contributed by atoms with Gasteiger partial charge in [-0.2, -0.15) is 5.10 Å². The van der Waals surface area contributed by atoms with Crippen LogP contribution in [0.4, 0.5) is 0 Å². The maximum atomic E-state index is 11.5. The number of amides is 1. The molecule has 0 aliphatic carbocycles. The highest BCUT2D eigenvalue weighted by atomic mass is 35.5. The molecule has 1 N–H and O–H groups in total. The monoisotopic (exact) mass is 231 g/mol. The predicted octanol–water partition coefficient (Wildman–Crippen LogP) is 1.39. The number of carbonyl (C=O) groups excluding carboxylic acids is 1. The van der Waals surface area contributed by atoms with E-state index in [-0.39, 0.29) is 11.1 Å². The zero-order valence-electron chi connectivity index (χ0n) is 8.95. The van der Waals surface area contributed by atoms with Gasteiger partial charge in [0.05, 0.1) is 6.61 Å². The molecule has 1 rings (SSSR count). The third-order valence-corrected chi connectivity index (χ3v) is 1.85. The summed E-state index contributed by atoms with van der Waals surface area (Å²) in [5.74, 6) is 0.0120. The van der Waals surface area contributed by atoms with Crippen molar-refractivity contribution < 1.29 is 9.63 Å². The molecule has 0 saturated carbocycles. The number of hydrogen-bond acceptors (Lipinski definition) is 3. The van der Waals surface area contributed by atoms with E-state index in [9.17, 15) is 4.79 Å². The van der Waals surface area contributed by atoms with Crippen LogP contribution in [0, 0.1) is 5.92 Å². The lowest BCUT2D eigenvalue weighted by Gasteiger charge is -2.07. The fourth-order valence-electron chi connectivity index (χ4n) is 0.971. The van der Waals surface area contributed by atoms with Crippen LogP contribution in [0.25, 0.3) is 0 Å². The van der Waals surface area contributed by atoms with Gasteiger partial charge in [-0.3, -0.25) is 14.3 Å². The Morgan fingerprint density at radius 3 is 2.87 bits per heavy atom. The van der Waals surface area contributed by atoms with E-state index in [0.29, 0.717) is 18.2 Å². The first-order valence-electron chi connectivity index (χ1n) is 4.62. The Morgan fingerprint density at radius 1 is 1.73 bits per heavy atom. The number of aromatic nitrogens is 2. The van der Waals surface area contributed by atoms with Crippen molar-refractivity contribution in [1.29, 1.82) is 0 Å². The normalized spacial score (nSPS) is 10.7. The van der Waals surface area contributed by atoms with Gasteiger partial charge in [-0.05, 0) is 5.92 Å². The van der Waals surface area contributed by atoms with E-state index in [4.69, 9.17) is 16.4 Å². The SMILES string of the molecule is CC(C)CONC(=O)c1cc(Cl)nn1C. The Hall–Kier alpha value is -1.07. The molecule has 0 unspecified atom stereocenters. The summed E-state index contributed by atoms with van der Waals surface area (Å²) >= 11 is 5.64. The second kappa shape index (κ2) is 5.14. The second-order valence-corrected chi connectivity index (χ2v) is 4.00. The maximum Gasteiger partial charge on any atom is 0.293 e. The molecule has 1 aromatic rings. The van der Waals surface area contributed by atoms with Gasteiger partial charge in [0, 0.05) is 13.1 Å². The molecular weight excluding hydrogens is 218 g/mol. The van der Waals surface area contributed by atoms with Gasteiger partial charge in [0.25, 0.3) is 5.91 Å². The van der Waals surface area contributed by atoms with Crippen molar-refractivity contribution in [3.8, 4) is 0 Å². The zero-order valence-corrected chi connectivity index (χ0v) is 9.71. The fourth-order valence-corrected chi connectivity index (χ4v) is 1.19. The number of hydrogen-bond donors (Lipinski definition) is 1. The predicted molar refractivity (Wildman–Crippen MR) is 56.5 cm³/mol. The molecular formula is C9H14ClN3O2. The van der Waals surface area contributed by atoms with Crippen LogP contribution in [0.5, 0.6) is 0 Å². The summed E-state index contributed by atoms with van der Waals surface area (Å²) in [6.07, 6.45) is 0. The molecule has 6 heteroatoms. The molecule has 0 spiro atoms. The molecule has 0 atom stereocenters. The standard InChI is InChI=1S/C9H14ClN3O2/c1-6(2)5-15-12-9(14)7-4-8(10)11-13(7)3/h4,6H,5H2,1-3H3,(H,12,14). The molecule has 84 valence electrons. The van der Waals surface area contributed by atoms with E-state index < -0.39 is 0 Å². The number of carbonyl (C=O) groups is 1. The first-order valence-corrected chi connectivity index (χ1v) is 5.00. The van der Waals surface area contributed by atoms with Gasteiger partial charge in [0.2, 0.25) is 0 Å². The van der Waals surface area contributed by atoms with Crippen molar-refractivity contribution >= 4 is 17.5 Å². The highest BCUT2D eigenvalue weighted by Crippen LogP contribution is 2.08. The van der Waals surface area contributed by atoms with E-state index in [1.165, 1.54) is 10.7 Å². The lowest BCUT2D eigenvalue weighted by atomic mass is 10.2. The van der Waals surface area contributed by atoms with E-state index in [2.05, 4.69) is 10.6 Å². The van der Waals surface area contributed by atoms with Crippen molar-refractivity contribution in [3.05, 3.63) is 16.9 Å². The van der Waals surface area contributed by atoms with Crippen LogP contribution in [0.3, 0.4) is 0 Å². The summed E-state index contributed by atoms with van der Waals surface area (Å²) in [6, 6.07) is 1.48. The Labute approximate surface area is 93.3 Å². The number of aryl methyl sites for hydroxylation is 1. The molecule has 1 aromatic heterocycles. The smallest absolute Gasteiger partial charge is 0.273 e. The van der Waals surface area contributed by atoms with Gasteiger partial charge in [0.15, 0.2) is 5.15 Å². The lowest BCUT2D eigenvalue weighted by Crippen LogP contribution is -2.27. The Morgan fingerprint density at radius 2 is 2.40 bits per heavy atom. The molecule has 0 aromatic carbocycles. The van der Waals surface area contributed by atoms with Crippen LogP contribution in [-0.2, 0) is 11.9 Å². The second-order valence-electron chi connectivity index (χ2n) is 3.61. The van der Waals surface area contributed by atoms with Crippen LogP contribution in [0.2, 0.25) is 5.15 Å². The van der Waals surface area contributed by atoms with E-state index in [1.807, 2.05) is 13.8 Å². The van der Waals surface area contributed by atoms with E-state index in [1.54, 1.807) is 7.05 Å². The third-order valence-electron chi connectivity index (χ3n) is 1.66. The van der Waals surface area contributed by atoms with Gasteiger partial charge < -0.3 is 0 Å².